The molecule has 0 aliphatic heterocycles. The maximum absolute atomic E-state index is 10.3. The Balaban J connectivity index is 2.07. The molecule has 2 atom stereocenters. The lowest BCUT2D eigenvalue weighted by molar-refractivity contribution is -0.131. The molecule has 0 spiro atoms. The van der Waals surface area contributed by atoms with E-state index in [1.807, 2.05) is 0 Å². The van der Waals surface area contributed by atoms with Gasteiger partial charge in [-0.15, -0.1) is 0 Å². The van der Waals surface area contributed by atoms with E-state index in [1.54, 1.807) is 0 Å². The molecule has 1 fully saturated rings. The van der Waals surface area contributed by atoms with Crippen molar-refractivity contribution in [2.75, 3.05) is 0 Å². The molecule has 2 aliphatic carbocycles. The standard InChI is InChI=1S/C9H10O2/c10-9(11)5-7-4-6-2-1-3-8(6)7/h1-2,5-6,8H,3-4H2,(H,10,11)/t6-,8+/m0/s1. The second-order valence-corrected chi connectivity index (χ2v) is 3.20. The van der Waals surface area contributed by atoms with Crippen molar-refractivity contribution >= 4 is 5.97 Å². The fourth-order valence-corrected chi connectivity index (χ4v) is 1.93. The van der Waals surface area contributed by atoms with Crippen LogP contribution in [0.15, 0.2) is 23.8 Å². The minimum absolute atomic E-state index is 0.533. The predicted molar refractivity (Wildman–Crippen MR) is 41.1 cm³/mol. The zero-order valence-electron chi connectivity index (χ0n) is 6.16. The Morgan fingerprint density at radius 3 is 3.18 bits per heavy atom. The Hall–Kier alpha value is -1.05. The quantitative estimate of drug-likeness (QED) is 0.455. The summed E-state index contributed by atoms with van der Waals surface area (Å²) in [4.78, 5) is 10.3. The average Bonchev–Trinajstić information content (AvgIpc) is 2.26. The lowest BCUT2D eigenvalue weighted by Crippen LogP contribution is -2.24. The third-order valence-corrected chi connectivity index (χ3v) is 2.55. The van der Waals surface area contributed by atoms with Gasteiger partial charge in [0, 0.05) is 6.08 Å². The van der Waals surface area contributed by atoms with Gasteiger partial charge in [-0.25, -0.2) is 4.79 Å². The van der Waals surface area contributed by atoms with Gasteiger partial charge in [0.05, 0.1) is 0 Å². The minimum atomic E-state index is -0.801. The normalized spacial score (nSPS) is 36.9. The van der Waals surface area contributed by atoms with Crippen LogP contribution in [0.25, 0.3) is 0 Å². The Morgan fingerprint density at radius 2 is 2.55 bits per heavy atom. The van der Waals surface area contributed by atoms with Gasteiger partial charge in [0.2, 0.25) is 0 Å². The number of carboxylic acids is 1. The molecule has 1 saturated carbocycles. The molecule has 2 rings (SSSR count). The van der Waals surface area contributed by atoms with E-state index in [-0.39, 0.29) is 0 Å². The molecule has 2 heteroatoms. The first-order valence-electron chi connectivity index (χ1n) is 3.87. The predicted octanol–water partition coefficient (Wildman–Crippen LogP) is 1.59. The maximum atomic E-state index is 10.3. The molecule has 0 aromatic heterocycles. The van der Waals surface area contributed by atoms with Crippen LogP contribution < -0.4 is 0 Å². The van der Waals surface area contributed by atoms with Crippen LogP contribution in [-0.2, 0) is 4.79 Å². The van der Waals surface area contributed by atoms with Gasteiger partial charge < -0.3 is 5.11 Å². The largest absolute Gasteiger partial charge is 0.478 e. The van der Waals surface area contributed by atoms with Crippen molar-refractivity contribution in [2.45, 2.75) is 12.8 Å². The van der Waals surface area contributed by atoms with E-state index in [0.29, 0.717) is 11.8 Å². The summed E-state index contributed by atoms with van der Waals surface area (Å²) in [6.45, 7) is 0. The first-order valence-corrected chi connectivity index (χ1v) is 3.87. The zero-order chi connectivity index (χ0) is 7.84. The third-order valence-electron chi connectivity index (χ3n) is 2.55. The van der Waals surface area contributed by atoms with Gasteiger partial charge in [-0.1, -0.05) is 17.7 Å². The lowest BCUT2D eigenvalue weighted by Gasteiger charge is -2.33. The van der Waals surface area contributed by atoms with E-state index in [2.05, 4.69) is 12.2 Å². The van der Waals surface area contributed by atoms with Gasteiger partial charge >= 0.3 is 5.97 Å². The lowest BCUT2D eigenvalue weighted by atomic mass is 9.71. The van der Waals surface area contributed by atoms with Crippen LogP contribution in [0.5, 0.6) is 0 Å². The van der Waals surface area contributed by atoms with Crippen molar-refractivity contribution < 1.29 is 9.90 Å². The number of carboxylic acid groups (broad SMARTS) is 1. The van der Waals surface area contributed by atoms with Crippen LogP contribution in [0, 0.1) is 11.8 Å². The molecule has 11 heavy (non-hydrogen) atoms. The summed E-state index contributed by atoms with van der Waals surface area (Å²) in [5.41, 5.74) is 1.12. The highest BCUT2D eigenvalue weighted by Gasteiger charge is 2.36. The van der Waals surface area contributed by atoms with Crippen molar-refractivity contribution in [1.82, 2.24) is 0 Å². The topological polar surface area (TPSA) is 37.3 Å². The Bertz CT molecular complexity index is 250. The molecule has 0 bridgehead atoms. The summed E-state index contributed by atoms with van der Waals surface area (Å²) in [6.07, 6.45) is 7.73. The number of aliphatic carboxylic acids is 1. The van der Waals surface area contributed by atoms with Crippen molar-refractivity contribution in [1.29, 1.82) is 0 Å². The molecular formula is C9H10O2. The van der Waals surface area contributed by atoms with Gasteiger partial charge in [0.1, 0.15) is 0 Å². The number of fused-ring (bicyclic) bond motifs is 1. The summed E-state index contributed by atoms with van der Waals surface area (Å²) >= 11 is 0. The molecule has 0 aromatic rings. The molecule has 0 saturated heterocycles. The molecule has 0 unspecified atom stereocenters. The zero-order valence-corrected chi connectivity index (χ0v) is 6.16. The number of allylic oxidation sites excluding steroid dienone is 3. The second-order valence-electron chi connectivity index (χ2n) is 3.20. The van der Waals surface area contributed by atoms with E-state index in [1.165, 1.54) is 6.08 Å². The first kappa shape index (κ1) is 6.65. The van der Waals surface area contributed by atoms with Gasteiger partial charge in [-0.2, -0.15) is 0 Å². The van der Waals surface area contributed by atoms with Crippen LogP contribution in [-0.4, -0.2) is 11.1 Å². The summed E-state index contributed by atoms with van der Waals surface area (Å²) in [7, 11) is 0. The summed E-state index contributed by atoms with van der Waals surface area (Å²) in [6, 6.07) is 0. The highest BCUT2D eigenvalue weighted by molar-refractivity contribution is 5.81. The molecule has 58 valence electrons. The summed E-state index contributed by atoms with van der Waals surface area (Å²) in [5, 5.41) is 8.47. The first-order chi connectivity index (χ1) is 5.27. The van der Waals surface area contributed by atoms with Crippen LogP contribution >= 0.6 is 0 Å². The van der Waals surface area contributed by atoms with Crippen molar-refractivity contribution in [2.24, 2.45) is 11.8 Å². The van der Waals surface area contributed by atoms with Crippen LogP contribution in [0.2, 0.25) is 0 Å². The molecule has 2 aliphatic rings. The molecule has 1 N–H and O–H groups in total. The number of rotatable bonds is 1. The third kappa shape index (κ3) is 0.985. The summed E-state index contributed by atoms with van der Waals surface area (Å²) in [5.74, 6) is 0.386. The average molecular weight is 150 g/mol. The number of carbonyl (C=O) groups is 1. The maximum Gasteiger partial charge on any atom is 0.328 e. The highest BCUT2D eigenvalue weighted by Crippen LogP contribution is 2.46. The number of hydrogen-bond donors (Lipinski definition) is 1. The van der Waals surface area contributed by atoms with E-state index >= 15 is 0 Å². The molecule has 0 amide bonds. The molecule has 0 heterocycles. The van der Waals surface area contributed by atoms with Gasteiger partial charge in [0.15, 0.2) is 0 Å². The van der Waals surface area contributed by atoms with Crippen molar-refractivity contribution in [3.63, 3.8) is 0 Å². The van der Waals surface area contributed by atoms with E-state index in [9.17, 15) is 4.79 Å². The SMILES string of the molecule is O=C(O)C=C1C[C@@H]2C=CC[C@@H]12. The molecule has 0 radical (unpaired) electrons. The van der Waals surface area contributed by atoms with Crippen molar-refractivity contribution in [3.05, 3.63) is 23.8 Å². The Labute approximate surface area is 65.2 Å². The highest BCUT2D eigenvalue weighted by atomic mass is 16.4. The van der Waals surface area contributed by atoms with E-state index < -0.39 is 5.97 Å². The van der Waals surface area contributed by atoms with E-state index in [0.717, 1.165) is 18.4 Å². The van der Waals surface area contributed by atoms with Crippen LogP contribution in [0.1, 0.15) is 12.8 Å². The smallest absolute Gasteiger partial charge is 0.328 e. The Morgan fingerprint density at radius 1 is 1.73 bits per heavy atom. The van der Waals surface area contributed by atoms with Crippen molar-refractivity contribution in [3.8, 4) is 0 Å². The molecule has 0 aromatic carbocycles. The number of hydrogen-bond acceptors (Lipinski definition) is 1. The second kappa shape index (κ2) is 2.22. The molecular weight excluding hydrogens is 140 g/mol. The van der Waals surface area contributed by atoms with Crippen LogP contribution in [0.4, 0.5) is 0 Å². The fraction of sp³-hybridized carbons (Fsp3) is 0.444. The van der Waals surface area contributed by atoms with Gasteiger partial charge in [0.25, 0.3) is 0 Å². The minimum Gasteiger partial charge on any atom is -0.478 e. The molecule has 2 nitrogen and oxygen atoms in total. The Kier molecular flexibility index (Phi) is 1.34. The van der Waals surface area contributed by atoms with Crippen LogP contribution in [0.3, 0.4) is 0 Å². The van der Waals surface area contributed by atoms with Gasteiger partial charge in [-0.05, 0) is 24.7 Å². The van der Waals surface area contributed by atoms with E-state index in [4.69, 9.17) is 5.11 Å². The van der Waals surface area contributed by atoms with Gasteiger partial charge in [-0.3, -0.25) is 0 Å². The monoisotopic (exact) mass is 150 g/mol. The fourth-order valence-electron chi connectivity index (χ4n) is 1.93. The summed E-state index contributed by atoms with van der Waals surface area (Å²) < 4.78 is 0.